The Balaban J connectivity index is 1.80. The summed E-state index contributed by atoms with van der Waals surface area (Å²) in [6, 6.07) is 2.38. The quantitative estimate of drug-likeness (QED) is 0.601. The number of amides is 1. The number of nitrogens with one attached hydrogen (secondary N) is 2. The molecule has 0 aliphatic carbocycles. The normalized spacial score (nSPS) is 18.0. The van der Waals surface area contributed by atoms with Crippen molar-refractivity contribution in [2.24, 2.45) is 0 Å². The second kappa shape index (κ2) is 8.24. The van der Waals surface area contributed by atoms with Gasteiger partial charge in [0.15, 0.2) is 0 Å². The maximum absolute atomic E-state index is 12.8. The molecule has 2 N–H and O–H groups in total. The van der Waals surface area contributed by atoms with Gasteiger partial charge in [-0.25, -0.2) is 9.37 Å². The van der Waals surface area contributed by atoms with Crippen LogP contribution in [-0.2, 0) is 14.3 Å². The van der Waals surface area contributed by atoms with Gasteiger partial charge in [-0.2, -0.15) is 0 Å². The number of pyridine rings is 1. The third kappa shape index (κ3) is 6.30. The smallest absolute Gasteiger partial charge is 0.307 e. The van der Waals surface area contributed by atoms with Gasteiger partial charge in [0.05, 0.1) is 18.7 Å². The number of likely N-dealkylation sites (tertiary alicyclic amines) is 1. The van der Waals surface area contributed by atoms with Crippen molar-refractivity contribution in [3.63, 3.8) is 0 Å². The van der Waals surface area contributed by atoms with Gasteiger partial charge in [0, 0.05) is 6.54 Å². The zero-order valence-corrected chi connectivity index (χ0v) is 14.8. The van der Waals surface area contributed by atoms with Crippen molar-refractivity contribution >= 4 is 17.7 Å². The molecule has 0 saturated carbocycles. The maximum atomic E-state index is 12.8. The first-order chi connectivity index (χ1) is 11.7. The van der Waals surface area contributed by atoms with E-state index in [-0.39, 0.29) is 24.3 Å². The number of halogens is 1. The molecule has 0 bridgehead atoms. The van der Waals surface area contributed by atoms with Crippen LogP contribution >= 0.6 is 0 Å². The topological polar surface area (TPSA) is 83.6 Å². The number of carbonyl (C=O) groups is 2. The first-order valence-corrected chi connectivity index (χ1v) is 8.38. The maximum Gasteiger partial charge on any atom is 0.307 e. The summed E-state index contributed by atoms with van der Waals surface area (Å²) in [5.74, 6) is -0.561. The summed E-state index contributed by atoms with van der Waals surface area (Å²) in [5.41, 5.74) is 4.74. The van der Waals surface area contributed by atoms with Crippen molar-refractivity contribution in [1.82, 2.24) is 15.3 Å². The van der Waals surface area contributed by atoms with Gasteiger partial charge >= 0.3 is 5.97 Å². The second-order valence-corrected chi connectivity index (χ2v) is 7.01. The molecule has 1 amide bonds. The average Bonchev–Trinajstić information content (AvgIpc) is 2.99. The summed E-state index contributed by atoms with van der Waals surface area (Å²) >= 11 is 0. The number of anilines is 1. The SMILES string of the molecule is CC(C)(C)OC(=O)CCN1CCC[C@H]1C(=O)NNc1ccc(F)cn1. The zero-order chi connectivity index (χ0) is 18.4. The van der Waals surface area contributed by atoms with E-state index in [4.69, 9.17) is 4.74 Å². The van der Waals surface area contributed by atoms with Gasteiger partial charge in [-0.1, -0.05) is 0 Å². The third-order valence-corrected chi connectivity index (χ3v) is 3.73. The predicted molar refractivity (Wildman–Crippen MR) is 91.0 cm³/mol. The molecule has 7 nitrogen and oxygen atoms in total. The van der Waals surface area contributed by atoms with E-state index in [1.165, 1.54) is 12.1 Å². The lowest BCUT2D eigenvalue weighted by Crippen LogP contribution is -2.46. The summed E-state index contributed by atoms with van der Waals surface area (Å²) in [4.78, 5) is 30.0. The first kappa shape index (κ1) is 19.1. The number of aromatic nitrogens is 1. The van der Waals surface area contributed by atoms with Gasteiger partial charge in [-0.15, -0.1) is 0 Å². The number of rotatable bonds is 6. The van der Waals surface area contributed by atoms with E-state index in [9.17, 15) is 14.0 Å². The number of esters is 1. The van der Waals surface area contributed by atoms with Crippen LogP contribution in [0.2, 0.25) is 0 Å². The molecular weight excluding hydrogens is 327 g/mol. The van der Waals surface area contributed by atoms with Crippen LogP contribution in [-0.4, -0.2) is 46.5 Å². The van der Waals surface area contributed by atoms with Crippen molar-refractivity contribution in [3.8, 4) is 0 Å². The Morgan fingerprint density at radius 2 is 2.16 bits per heavy atom. The van der Waals surface area contributed by atoms with E-state index in [1.807, 2.05) is 25.7 Å². The molecule has 1 aromatic heterocycles. The molecule has 0 radical (unpaired) electrons. The van der Waals surface area contributed by atoms with Crippen LogP contribution in [0.1, 0.15) is 40.0 Å². The highest BCUT2D eigenvalue weighted by Gasteiger charge is 2.31. The molecular formula is C17H25FN4O3. The molecule has 138 valence electrons. The molecule has 0 unspecified atom stereocenters. The van der Waals surface area contributed by atoms with Crippen LogP contribution < -0.4 is 10.9 Å². The van der Waals surface area contributed by atoms with Crippen molar-refractivity contribution in [3.05, 3.63) is 24.1 Å². The highest BCUT2D eigenvalue weighted by molar-refractivity contribution is 5.83. The molecule has 1 aliphatic rings. The van der Waals surface area contributed by atoms with Crippen molar-refractivity contribution in [2.45, 2.75) is 51.7 Å². The van der Waals surface area contributed by atoms with Crippen LogP contribution in [0.3, 0.4) is 0 Å². The van der Waals surface area contributed by atoms with Gasteiger partial charge < -0.3 is 4.74 Å². The lowest BCUT2D eigenvalue weighted by atomic mass is 10.2. The summed E-state index contributed by atoms with van der Waals surface area (Å²) in [7, 11) is 0. The van der Waals surface area contributed by atoms with Crippen molar-refractivity contribution < 1.29 is 18.7 Å². The average molecular weight is 352 g/mol. The van der Waals surface area contributed by atoms with Crippen molar-refractivity contribution in [2.75, 3.05) is 18.5 Å². The number of hydrogen-bond acceptors (Lipinski definition) is 6. The lowest BCUT2D eigenvalue weighted by molar-refractivity contribution is -0.155. The van der Waals surface area contributed by atoms with Crippen LogP contribution in [0.15, 0.2) is 18.3 Å². The number of hydrogen-bond donors (Lipinski definition) is 2. The predicted octanol–water partition coefficient (Wildman–Crippen LogP) is 1.86. The molecule has 25 heavy (non-hydrogen) atoms. The summed E-state index contributed by atoms with van der Waals surface area (Å²) in [6.07, 6.45) is 2.92. The van der Waals surface area contributed by atoms with Crippen LogP contribution in [0.5, 0.6) is 0 Å². The highest BCUT2D eigenvalue weighted by atomic mass is 19.1. The number of nitrogens with zero attached hydrogens (tertiary/aromatic N) is 2. The van der Waals surface area contributed by atoms with Crippen molar-refractivity contribution in [1.29, 1.82) is 0 Å². The molecule has 1 aliphatic heterocycles. The first-order valence-electron chi connectivity index (χ1n) is 8.38. The Bertz CT molecular complexity index is 601. The monoisotopic (exact) mass is 352 g/mol. The van der Waals surface area contributed by atoms with E-state index in [0.29, 0.717) is 12.4 Å². The minimum absolute atomic E-state index is 0.201. The van der Waals surface area contributed by atoms with Crippen LogP contribution in [0.25, 0.3) is 0 Å². The Hall–Kier alpha value is -2.22. The molecule has 1 fully saturated rings. The third-order valence-electron chi connectivity index (χ3n) is 3.73. The molecule has 2 heterocycles. The Morgan fingerprint density at radius 3 is 2.80 bits per heavy atom. The Labute approximate surface area is 146 Å². The molecule has 1 aromatic rings. The minimum atomic E-state index is -0.509. The largest absolute Gasteiger partial charge is 0.460 e. The molecule has 1 saturated heterocycles. The Morgan fingerprint density at radius 1 is 1.40 bits per heavy atom. The second-order valence-electron chi connectivity index (χ2n) is 7.01. The Kier molecular flexibility index (Phi) is 6.30. The van der Waals surface area contributed by atoms with Gasteiger partial charge in [0.1, 0.15) is 17.2 Å². The summed E-state index contributed by atoms with van der Waals surface area (Å²) < 4.78 is 18.1. The van der Waals surface area contributed by atoms with E-state index >= 15 is 0 Å². The number of carbonyl (C=O) groups excluding carboxylic acids is 2. The number of ether oxygens (including phenoxy) is 1. The van der Waals surface area contributed by atoms with Gasteiger partial charge in [-0.3, -0.25) is 25.3 Å². The van der Waals surface area contributed by atoms with E-state index in [0.717, 1.165) is 25.6 Å². The van der Waals surface area contributed by atoms with Crippen LogP contribution in [0, 0.1) is 5.82 Å². The lowest BCUT2D eigenvalue weighted by Gasteiger charge is -2.24. The minimum Gasteiger partial charge on any atom is -0.460 e. The number of hydrazine groups is 1. The fraction of sp³-hybridized carbons (Fsp3) is 0.588. The van der Waals surface area contributed by atoms with E-state index in [2.05, 4.69) is 15.8 Å². The fourth-order valence-corrected chi connectivity index (χ4v) is 2.68. The molecule has 0 aromatic carbocycles. The molecule has 8 heteroatoms. The van der Waals surface area contributed by atoms with Gasteiger partial charge in [0.2, 0.25) is 0 Å². The summed E-state index contributed by atoms with van der Waals surface area (Å²) in [5, 5.41) is 0. The molecule has 2 rings (SSSR count). The standard InChI is InChI=1S/C17H25FN4O3/c1-17(2,3)25-15(23)8-10-22-9-4-5-13(22)16(24)21-20-14-7-6-12(18)11-19-14/h6-7,11,13H,4-5,8-10H2,1-3H3,(H,19,20)(H,21,24)/t13-/m0/s1. The highest BCUT2D eigenvalue weighted by Crippen LogP contribution is 2.18. The van der Waals surface area contributed by atoms with Gasteiger partial charge in [-0.05, 0) is 52.3 Å². The fourth-order valence-electron chi connectivity index (χ4n) is 2.68. The molecule has 1 atom stereocenters. The van der Waals surface area contributed by atoms with Crippen LogP contribution in [0.4, 0.5) is 10.2 Å². The zero-order valence-electron chi connectivity index (χ0n) is 14.8. The molecule has 0 spiro atoms. The van der Waals surface area contributed by atoms with E-state index < -0.39 is 11.4 Å². The van der Waals surface area contributed by atoms with Gasteiger partial charge in [0.25, 0.3) is 5.91 Å². The summed E-state index contributed by atoms with van der Waals surface area (Å²) in [6.45, 7) is 6.71. The van der Waals surface area contributed by atoms with E-state index in [1.54, 1.807) is 0 Å².